The first kappa shape index (κ1) is 15.4. The molecule has 2 unspecified atom stereocenters. The first-order valence-electron chi connectivity index (χ1n) is 7.39. The van der Waals surface area contributed by atoms with Crippen molar-refractivity contribution in [2.24, 2.45) is 0 Å². The van der Waals surface area contributed by atoms with Crippen LogP contribution in [-0.4, -0.2) is 18.8 Å². The van der Waals surface area contributed by atoms with Gasteiger partial charge in [-0.25, -0.2) is 8.78 Å². The van der Waals surface area contributed by atoms with Gasteiger partial charge in [0.25, 0.3) is 0 Å². The summed E-state index contributed by atoms with van der Waals surface area (Å²) in [5.41, 5.74) is 0.388. The fourth-order valence-corrected chi connectivity index (χ4v) is 2.85. The Morgan fingerprint density at radius 2 is 2.10 bits per heavy atom. The second-order valence-corrected chi connectivity index (χ2v) is 5.68. The lowest BCUT2D eigenvalue weighted by atomic mass is 9.84. The summed E-state index contributed by atoms with van der Waals surface area (Å²) in [4.78, 5) is 0. The molecule has 2 nitrogen and oxygen atoms in total. The number of hydrogen-bond donors (Lipinski definition) is 1. The summed E-state index contributed by atoms with van der Waals surface area (Å²) in [6.07, 6.45) is 4.07. The van der Waals surface area contributed by atoms with Gasteiger partial charge in [0.1, 0.15) is 0 Å². The number of halogens is 2. The Bertz CT molecular complexity index is 444. The molecule has 1 aliphatic heterocycles. The molecule has 0 aliphatic carbocycles. The van der Waals surface area contributed by atoms with Crippen LogP contribution in [0.25, 0.3) is 0 Å². The molecule has 4 heteroatoms. The average molecular weight is 283 g/mol. The molecule has 2 atom stereocenters. The van der Waals surface area contributed by atoms with Gasteiger partial charge in [-0.1, -0.05) is 13.0 Å². The zero-order valence-electron chi connectivity index (χ0n) is 12.2. The molecule has 0 saturated carbocycles. The Balaban J connectivity index is 2.28. The number of hydrogen-bond acceptors (Lipinski definition) is 2. The molecule has 2 rings (SSSR count). The van der Waals surface area contributed by atoms with Crippen LogP contribution in [-0.2, 0) is 4.74 Å². The Labute approximate surface area is 119 Å². The highest BCUT2D eigenvalue weighted by atomic mass is 19.2. The molecule has 1 heterocycles. The SMILES string of the molecule is CCCNC(c1ccc(F)c(F)c1)C1(C)CCCCO1. The highest BCUT2D eigenvalue weighted by Gasteiger charge is 2.37. The third kappa shape index (κ3) is 3.36. The molecule has 0 spiro atoms. The van der Waals surface area contributed by atoms with Crippen LogP contribution < -0.4 is 5.32 Å². The standard InChI is InChI=1S/C16H23F2NO/c1-3-9-19-15(16(2)8-4-5-10-20-16)12-6-7-13(17)14(18)11-12/h6-7,11,15,19H,3-5,8-10H2,1-2H3. The molecule has 1 N–H and O–H groups in total. The molecule has 0 radical (unpaired) electrons. The average Bonchev–Trinajstić information content (AvgIpc) is 2.43. The van der Waals surface area contributed by atoms with Crippen LogP contribution >= 0.6 is 0 Å². The molecule has 0 aromatic heterocycles. The van der Waals surface area contributed by atoms with Crippen LogP contribution in [0.3, 0.4) is 0 Å². The van der Waals surface area contributed by atoms with Crippen molar-refractivity contribution < 1.29 is 13.5 Å². The van der Waals surface area contributed by atoms with E-state index in [-0.39, 0.29) is 11.6 Å². The molecule has 20 heavy (non-hydrogen) atoms. The zero-order valence-corrected chi connectivity index (χ0v) is 12.2. The lowest BCUT2D eigenvalue weighted by Crippen LogP contribution is -2.46. The molecular formula is C16H23F2NO. The minimum Gasteiger partial charge on any atom is -0.373 e. The third-order valence-electron chi connectivity index (χ3n) is 3.99. The van der Waals surface area contributed by atoms with E-state index in [2.05, 4.69) is 19.2 Å². The minimum atomic E-state index is -0.808. The Morgan fingerprint density at radius 1 is 1.30 bits per heavy atom. The normalized spacial score (nSPS) is 24.6. The maximum absolute atomic E-state index is 13.5. The van der Waals surface area contributed by atoms with Gasteiger partial charge in [-0.3, -0.25) is 0 Å². The van der Waals surface area contributed by atoms with Crippen molar-refractivity contribution in [2.75, 3.05) is 13.2 Å². The predicted molar refractivity (Wildman–Crippen MR) is 75.6 cm³/mol. The first-order valence-corrected chi connectivity index (χ1v) is 7.39. The van der Waals surface area contributed by atoms with E-state index in [0.29, 0.717) is 0 Å². The molecule has 1 aromatic rings. The number of benzene rings is 1. The van der Waals surface area contributed by atoms with Crippen LogP contribution in [0.5, 0.6) is 0 Å². The summed E-state index contributed by atoms with van der Waals surface area (Å²) in [6, 6.07) is 4.01. The Hall–Kier alpha value is -1.00. The molecule has 0 bridgehead atoms. The maximum atomic E-state index is 13.5. The largest absolute Gasteiger partial charge is 0.373 e. The minimum absolute atomic E-state index is 0.113. The smallest absolute Gasteiger partial charge is 0.159 e. The van der Waals surface area contributed by atoms with E-state index in [4.69, 9.17) is 4.74 Å². The Morgan fingerprint density at radius 3 is 2.70 bits per heavy atom. The zero-order chi connectivity index (χ0) is 14.6. The monoisotopic (exact) mass is 283 g/mol. The van der Waals surface area contributed by atoms with Crippen molar-refractivity contribution in [3.8, 4) is 0 Å². The van der Waals surface area contributed by atoms with Gasteiger partial charge in [0.05, 0.1) is 11.6 Å². The summed E-state index contributed by atoms with van der Waals surface area (Å²) in [7, 11) is 0. The van der Waals surface area contributed by atoms with Crippen LogP contribution in [0, 0.1) is 11.6 Å². The Kier molecular flexibility index (Phi) is 5.11. The van der Waals surface area contributed by atoms with Gasteiger partial charge in [0, 0.05) is 6.61 Å². The molecular weight excluding hydrogens is 260 g/mol. The summed E-state index contributed by atoms with van der Waals surface area (Å²) < 4.78 is 32.6. The topological polar surface area (TPSA) is 21.3 Å². The lowest BCUT2D eigenvalue weighted by molar-refractivity contribution is -0.0898. The third-order valence-corrected chi connectivity index (χ3v) is 3.99. The fraction of sp³-hybridized carbons (Fsp3) is 0.625. The number of nitrogens with one attached hydrogen (secondary N) is 1. The maximum Gasteiger partial charge on any atom is 0.159 e. The van der Waals surface area contributed by atoms with Gasteiger partial charge in [0.2, 0.25) is 0 Å². The highest BCUT2D eigenvalue weighted by molar-refractivity contribution is 5.24. The van der Waals surface area contributed by atoms with Crippen molar-refractivity contribution in [3.63, 3.8) is 0 Å². The second-order valence-electron chi connectivity index (χ2n) is 5.68. The van der Waals surface area contributed by atoms with Crippen LogP contribution in [0.1, 0.15) is 51.1 Å². The fourth-order valence-electron chi connectivity index (χ4n) is 2.85. The van der Waals surface area contributed by atoms with Crippen molar-refractivity contribution in [2.45, 2.75) is 51.2 Å². The van der Waals surface area contributed by atoms with Crippen molar-refractivity contribution >= 4 is 0 Å². The summed E-state index contributed by atoms with van der Waals surface area (Å²) in [5.74, 6) is -1.61. The van der Waals surface area contributed by atoms with Gasteiger partial charge < -0.3 is 10.1 Å². The van der Waals surface area contributed by atoms with E-state index < -0.39 is 11.6 Å². The van der Waals surface area contributed by atoms with Gasteiger partial charge in [-0.05, 0) is 56.8 Å². The van der Waals surface area contributed by atoms with Gasteiger partial charge in [-0.15, -0.1) is 0 Å². The van der Waals surface area contributed by atoms with E-state index in [1.165, 1.54) is 12.1 Å². The van der Waals surface area contributed by atoms with Gasteiger partial charge >= 0.3 is 0 Å². The van der Waals surface area contributed by atoms with Gasteiger partial charge in [0.15, 0.2) is 11.6 Å². The number of rotatable bonds is 5. The van der Waals surface area contributed by atoms with Crippen molar-refractivity contribution in [1.82, 2.24) is 5.32 Å². The molecule has 112 valence electrons. The van der Waals surface area contributed by atoms with E-state index in [9.17, 15) is 8.78 Å². The highest BCUT2D eigenvalue weighted by Crippen LogP contribution is 2.37. The summed E-state index contributed by atoms with van der Waals surface area (Å²) >= 11 is 0. The van der Waals surface area contributed by atoms with Crippen LogP contribution in [0.4, 0.5) is 8.78 Å². The lowest BCUT2D eigenvalue weighted by Gasteiger charge is -2.41. The molecule has 1 fully saturated rings. The molecule has 1 aliphatic rings. The van der Waals surface area contributed by atoms with E-state index in [1.807, 2.05) is 0 Å². The molecule has 1 saturated heterocycles. The summed E-state index contributed by atoms with van der Waals surface area (Å²) in [6.45, 7) is 5.69. The van der Waals surface area contributed by atoms with E-state index in [1.54, 1.807) is 6.07 Å². The quantitative estimate of drug-likeness (QED) is 0.883. The number of ether oxygens (including phenoxy) is 1. The van der Waals surface area contributed by atoms with Crippen LogP contribution in [0.15, 0.2) is 18.2 Å². The predicted octanol–water partition coefficient (Wildman–Crippen LogP) is 3.96. The van der Waals surface area contributed by atoms with E-state index in [0.717, 1.165) is 44.4 Å². The van der Waals surface area contributed by atoms with Gasteiger partial charge in [-0.2, -0.15) is 0 Å². The van der Waals surface area contributed by atoms with E-state index >= 15 is 0 Å². The first-order chi connectivity index (χ1) is 9.57. The summed E-state index contributed by atoms with van der Waals surface area (Å²) in [5, 5.41) is 3.43. The second kappa shape index (κ2) is 6.64. The van der Waals surface area contributed by atoms with Crippen molar-refractivity contribution in [1.29, 1.82) is 0 Å². The van der Waals surface area contributed by atoms with Crippen molar-refractivity contribution in [3.05, 3.63) is 35.4 Å². The molecule has 0 amide bonds. The van der Waals surface area contributed by atoms with Crippen LogP contribution in [0.2, 0.25) is 0 Å². The molecule has 1 aromatic carbocycles.